The molecule has 1 saturated carbocycles. The zero-order chi connectivity index (χ0) is 11.1. The molecule has 0 bridgehead atoms. The van der Waals surface area contributed by atoms with Crippen LogP contribution in [-0.4, -0.2) is 17.3 Å². The van der Waals surface area contributed by atoms with Gasteiger partial charge in [-0.1, -0.05) is 39.5 Å². The molecule has 0 N–H and O–H groups in total. The number of thiol groups is 1. The molecule has 90 valence electrons. The van der Waals surface area contributed by atoms with E-state index in [0.717, 1.165) is 11.7 Å². The van der Waals surface area contributed by atoms with Crippen molar-refractivity contribution in [3.05, 3.63) is 0 Å². The highest BCUT2D eigenvalue weighted by molar-refractivity contribution is 7.99. The number of rotatable bonds is 5. The van der Waals surface area contributed by atoms with E-state index in [1.54, 1.807) is 0 Å². The SMILES string of the molecule is CC(C)CSCC1(CS)CCCCCC1. The summed E-state index contributed by atoms with van der Waals surface area (Å²) in [5.74, 6) is 4.58. The monoisotopic (exact) mass is 246 g/mol. The van der Waals surface area contributed by atoms with Crippen LogP contribution in [0.4, 0.5) is 0 Å². The molecule has 1 aliphatic carbocycles. The lowest BCUT2D eigenvalue weighted by molar-refractivity contribution is 0.332. The molecule has 0 aliphatic heterocycles. The summed E-state index contributed by atoms with van der Waals surface area (Å²) in [6.45, 7) is 4.63. The summed E-state index contributed by atoms with van der Waals surface area (Å²) in [5, 5.41) is 0. The Morgan fingerprint density at radius 2 is 1.73 bits per heavy atom. The molecule has 0 radical (unpaired) electrons. The van der Waals surface area contributed by atoms with Gasteiger partial charge in [-0.3, -0.25) is 0 Å². The van der Waals surface area contributed by atoms with Crippen LogP contribution < -0.4 is 0 Å². The lowest BCUT2D eigenvalue weighted by atomic mass is 9.84. The van der Waals surface area contributed by atoms with E-state index in [9.17, 15) is 0 Å². The Labute approximate surface area is 105 Å². The topological polar surface area (TPSA) is 0 Å². The first-order valence-corrected chi connectivity index (χ1v) is 8.16. The molecule has 0 heterocycles. The minimum absolute atomic E-state index is 0.569. The Hall–Kier alpha value is 0.700. The molecule has 1 rings (SSSR count). The van der Waals surface area contributed by atoms with Gasteiger partial charge in [0, 0.05) is 0 Å². The van der Waals surface area contributed by atoms with E-state index in [2.05, 4.69) is 38.2 Å². The molecule has 15 heavy (non-hydrogen) atoms. The highest BCUT2D eigenvalue weighted by Crippen LogP contribution is 2.39. The van der Waals surface area contributed by atoms with Crippen LogP contribution in [0.15, 0.2) is 0 Å². The fourth-order valence-corrected chi connectivity index (χ4v) is 4.33. The van der Waals surface area contributed by atoms with Crippen LogP contribution in [0.1, 0.15) is 52.4 Å². The Balaban J connectivity index is 2.36. The first-order valence-electron chi connectivity index (χ1n) is 6.37. The molecule has 1 aliphatic rings. The molecule has 2 heteroatoms. The minimum Gasteiger partial charge on any atom is -0.179 e. The van der Waals surface area contributed by atoms with Crippen molar-refractivity contribution in [3.63, 3.8) is 0 Å². The van der Waals surface area contributed by atoms with Gasteiger partial charge in [0.25, 0.3) is 0 Å². The third-order valence-electron chi connectivity index (χ3n) is 3.36. The van der Waals surface area contributed by atoms with Crippen molar-refractivity contribution in [1.29, 1.82) is 0 Å². The van der Waals surface area contributed by atoms with E-state index >= 15 is 0 Å². The zero-order valence-electron chi connectivity index (χ0n) is 10.3. The van der Waals surface area contributed by atoms with E-state index in [0.29, 0.717) is 5.41 Å². The van der Waals surface area contributed by atoms with Gasteiger partial charge < -0.3 is 0 Å². The predicted molar refractivity (Wildman–Crippen MR) is 76.2 cm³/mol. The van der Waals surface area contributed by atoms with Crippen LogP contribution in [0.2, 0.25) is 0 Å². The average molecular weight is 246 g/mol. The molecule has 0 aromatic carbocycles. The normalized spacial score (nSPS) is 21.6. The van der Waals surface area contributed by atoms with Crippen LogP contribution in [0.5, 0.6) is 0 Å². The first-order chi connectivity index (χ1) is 7.18. The maximum absolute atomic E-state index is 4.61. The Morgan fingerprint density at radius 3 is 2.20 bits per heavy atom. The fraction of sp³-hybridized carbons (Fsp3) is 1.00. The van der Waals surface area contributed by atoms with Crippen molar-refractivity contribution in [3.8, 4) is 0 Å². The van der Waals surface area contributed by atoms with E-state index in [1.807, 2.05) is 0 Å². The van der Waals surface area contributed by atoms with Gasteiger partial charge in [0.15, 0.2) is 0 Å². The molecule has 0 unspecified atom stereocenters. The van der Waals surface area contributed by atoms with Crippen molar-refractivity contribution in [1.82, 2.24) is 0 Å². The van der Waals surface area contributed by atoms with Crippen LogP contribution in [0, 0.1) is 11.3 Å². The Morgan fingerprint density at radius 1 is 1.13 bits per heavy atom. The third kappa shape index (κ3) is 5.04. The van der Waals surface area contributed by atoms with Crippen molar-refractivity contribution in [2.45, 2.75) is 52.4 Å². The van der Waals surface area contributed by atoms with Gasteiger partial charge in [-0.15, -0.1) is 0 Å². The van der Waals surface area contributed by atoms with Gasteiger partial charge in [-0.05, 0) is 41.4 Å². The molecule has 0 nitrogen and oxygen atoms in total. The van der Waals surface area contributed by atoms with Crippen LogP contribution in [-0.2, 0) is 0 Å². The molecule has 0 aromatic heterocycles. The number of hydrogen-bond acceptors (Lipinski definition) is 2. The predicted octanol–water partition coefficient (Wildman–Crippen LogP) is 4.65. The van der Waals surface area contributed by atoms with Gasteiger partial charge in [0.1, 0.15) is 0 Å². The fourth-order valence-electron chi connectivity index (χ4n) is 2.34. The molecule has 0 spiro atoms. The lowest BCUT2D eigenvalue weighted by Crippen LogP contribution is -2.25. The second-order valence-electron chi connectivity index (χ2n) is 5.48. The number of thioether (sulfide) groups is 1. The van der Waals surface area contributed by atoms with Crippen molar-refractivity contribution in [2.75, 3.05) is 17.3 Å². The quantitative estimate of drug-likeness (QED) is 0.544. The molecule has 0 atom stereocenters. The van der Waals surface area contributed by atoms with Crippen LogP contribution in [0.25, 0.3) is 0 Å². The zero-order valence-corrected chi connectivity index (χ0v) is 12.0. The minimum atomic E-state index is 0.569. The number of hydrogen-bond donors (Lipinski definition) is 1. The van der Waals surface area contributed by atoms with Gasteiger partial charge in [-0.25, -0.2) is 0 Å². The summed E-state index contributed by atoms with van der Waals surface area (Å²) >= 11 is 6.76. The molecule has 1 fully saturated rings. The van der Waals surface area contributed by atoms with E-state index in [-0.39, 0.29) is 0 Å². The Kier molecular flexibility index (Phi) is 6.52. The largest absolute Gasteiger partial charge is 0.179 e. The van der Waals surface area contributed by atoms with E-state index < -0.39 is 0 Å². The Bertz CT molecular complexity index is 158. The van der Waals surface area contributed by atoms with Gasteiger partial charge >= 0.3 is 0 Å². The maximum atomic E-state index is 4.61. The average Bonchev–Trinajstić information content (AvgIpc) is 2.44. The maximum Gasteiger partial charge on any atom is -0.000290 e. The summed E-state index contributed by atoms with van der Waals surface area (Å²) in [6.07, 6.45) is 8.60. The van der Waals surface area contributed by atoms with Gasteiger partial charge in [-0.2, -0.15) is 24.4 Å². The highest BCUT2D eigenvalue weighted by atomic mass is 32.2. The van der Waals surface area contributed by atoms with E-state index in [4.69, 9.17) is 0 Å². The molecular weight excluding hydrogens is 220 g/mol. The second-order valence-corrected chi connectivity index (χ2v) is 6.83. The summed E-state index contributed by atoms with van der Waals surface area (Å²) in [5.41, 5.74) is 0.569. The summed E-state index contributed by atoms with van der Waals surface area (Å²) < 4.78 is 0. The molecule has 0 saturated heterocycles. The highest BCUT2D eigenvalue weighted by Gasteiger charge is 2.29. The summed E-state index contributed by atoms with van der Waals surface area (Å²) in [4.78, 5) is 0. The lowest BCUT2D eigenvalue weighted by Gasteiger charge is -2.31. The first kappa shape index (κ1) is 13.8. The van der Waals surface area contributed by atoms with Crippen LogP contribution in [0.3, 0.4) is 0 Å². The molecule has 0 aromatic rings. The van der Waals surface area contributed by atoms with Crippen molar-refractivity contribution < 1.29 is 0 Å². The van der Waals surface area contributed by atoms with Crippen LogP contribution >= 0.6 is 24.4 Å². The van der Waals surface area contributed by atoms with Gasteiger partial charge in [0.2, 0.25) is 0 Å². The van der Waals surface area contributed by atoms with Crippen molar-refractivity contribution >= 4 is 24.4 Å². The molecule has 0 amide bonds. The van der Waals surface area contributed by atoms with E-state index in [1.165, 1.54) is 50.0 Å². The summed E-state index contributed by atoms with van der Waals surface area (Å²) in [6, 6.07) is 0. The molecular formula is C13H26S2. The summed E-state index contributed by atoms with van der Waals surface area (Å²) in [7, 11) is 0. The van der Waals surface area contributed by atoms with Gasteiger partial charge in [0.05, 0.1) is 0 Å². The second kappa shape index (κ2) is 7.11. The standard InChI is InChI=1S/C13H26S2/c1-12(2)9-15-11-13(10-14)7-5-3-4-6-8-13/h12,14H,3-11H2,1-2H3. The smallest absolute Gasteiger partial charge is 0.000290 e. The van der Waals surface area contributed by atoms with Crippen molar-refractivity contribution in [2.24, 2.45) is 11.3 Å². The third-order valence-corrected chi connectivity index (χ3v) is 5.75.